The van der Waals surface area contributed by atoms with Crippen LogP contribution >= 0.6 is 0 Å². The molecule has 0 radical (unpaired) electrons. The van der Waals surface area contributed by atoms with Crippen LogP contribution in [0.2, 0.25) is 0 Å². The Balaban J connectivity index is 1.64. The molecular formula is C14H25F3N2O. The van der Waals surface area contributed by atoms with Crippen molar-refractivity contribution < 1.29 is 18.3 Å². The van der Waals surface area contributed by atoms with E-state index in [1.54, 1.807) is 0 Å². The fourth-order valence-corrected chi connectivity index (χ4v) is 3.29. The Morgan fingerprint density at radius 1 is 1.05 bits per heavy atom. The number of rotatable bonds is 4. The summed E-state index contributed by atoms with van der Waals surface area (Å²) in [5.41, 5.74) is 0. The van der Waals surface area contributed by atoms with Crippen LogP contribution in [0.5, 0.6) is 0 Å². The normalized spacial score (nSPS) is 30.6. The van der Waals surface area contributed by atoms with Crippen molar-refractivity contribution in [1.29, 1.82) is 0 Å². The van der Waals surface area contributed by atoms with E-state index in [1.165, 1.54) is 11.3 Å². The van der Waals surface area contributed by atoms with Crippen LogP contribution in [0.25, 0.3) is 0 Å². The van der Waals surface area contributed by atoms with Crippen LogP contribution in [-0.2, 0) is 0 Å². The molecule has 1 saturated heterocycles. The Bertz CT molecular complexity index is 291. The Labute approximate surface area is 118 Å². The van der Waals surface area contributed by atoms with Crippen molar-refractivity contribution in [2.24, 2.45) is 5.92 Å². The van der Waals surface area contributed by atoms with Gasteiger partial charge in [0.2, 0.25) is 0 Å². The van der Waals surface area contributed by atoms with Crippen LogP contribution in [0.4, 0.5) is 13.2 Å². The lowest BCUT2D eigenvalue weighted by molar-refractivity contribution is -0.148. The average Bonchev–Trinajstić information content (AvgIpc) is 2.38. The van der Waals surface area contributed by atoms with Gasteiger partial charge in [-0.3, -0.25) is 4.90 Å². The monoisotopic (exact) mass is 294 g/mol. The lowest BCUT2D eigenvalue weighted by Crippen LogP contribution is -2.47. The topological polar surface area (TPSA) is 35.5 Å². The molecular weight excluding hydrogens is 269 g/mol. The highest BCUT2D eigenvalue weighted by molar-refractivity contribution is 4.82. The molecule has 2 aliphatic rings. The predicted molar refractivity (Wildman–Crippen MR) is 71.5 cm³/mol. The third-order valence-corrected chi connectivity index (χ3v) is 4.53. The van der Waals surface area contributed by atoms with Crippen LogP contribution in [-0.4, -0.2) is 54.5 Å². The summed E-state index contributed by atoms with van der Waals surface area (Å²) < 4.78 is 36.9. The van der Waals surface area contributed by atoms with E-state index in [1.807, 2.05) is 0 Å². The molecule has 2 rings (SSSR count). The van der Waals surface area contributed by atoms with Gasteiger partial charge in [0.25, 0.3) is 0 Å². The van der Waals surface area contributed by atoms with E-state index in [-0.39, 0.29) is 6.10 Å². The summed E-state index contributed by atoms with van der Waals surface area (Å²) in [6.45, 7) is 1.01. The van der Waals surface area contributed by atoms with Gasteiger partial charge in [0.15, 0.2) is 0 Å². The van der Waals surface area contributed by atoms with Gasteiger partial charge < -0.3 is 10.4 Å². The number of nitrogens with one attached hydrogen (secondary N) is 1. The van der Waals surface area contributed by atoms with Gasteiger partial charge in [0, 0.05) is 12.6 Å². The summed E-state index contributed by atoms with van der Waals surface area (Å²) in [6, 6.07) is 0.300. The second kappa shape index (κ2) is 7.09. The molecule has 3 nitrogen and oxygen atoms in total. The zero-order valence-corrected chi connectivity index (χ0v) is 11.8. The van der Waals surface area contributed by atoms with E-state index < -0.39 is 12.7 Å². The first-order valence-corrected chi connectivity index (χ1v) is 7.64. The van der Waals surface area contributed by atoms with Gasteiger partial charge >= 0.3 is 6.18 Å². The number of likely N-dealkylation sites (tertiary alicyclic amines) is 1. The van der Waals surface area contributed by atoms with Gasteiger partial charge in [-0.2, -0.15) is 13.2 Å². The van der Waals surface area contributed by atoms with Gasteiger partial charge in [-0.25, -0.2) is 0 Å². The van der Waals surface area contributed by atoms with Crippen LogP contribution < -0.4 is 5.32 Å². The molecule has 118 valence electrons. The number of aliphatic hydroxyl groups is 1. The number of piperidine rings is 1. The number of hydrogen-bond acceptors (Lipinski definition) is 3. The Kier molecular flexibility index (Phi) is 5.69. The SMILES string of the molecule is OC1CCCCC1CNC1CCN(CC(F)(F)F)CC1. The van der Waals surface area contributed by atoms with E-state index in [9.17, 15) is 18.3 Å². The molecule has 0 aromatic rings. The fraction of sp³-hybridized carbons (Fsp3) is 1.00. The Hall–Kier alpha value is -0.330. The lowest BCUT2D eigenvalue weighted by Gasteiger charge is -2.35. The van der Waals surface area contributed by atoms with Crippen LogP contribution in [0.3, 0.4) is 0 Å². The number of nitrogens with zero attached hydrogens (tertiary/aromatic N) is 1. The summed E-state index contributed by atoms with van der Waals surface area (Å²) in [4.78, 5) is 1.48. The van der Waals surface area contributed by atoms with E-state index in [0.717, 1.165) is 38.6 Å². The third kappa shape index (κ3) is 5.22. The average molecular weight is 294 g/mol. The maximum absolute atomic E-state index is 12.3. The van der Waals surface area contributed by atoms with E-state index in [2.05, 4.69) is 5.32 Å². The van der Waals surface area contributed by atoms with Crippen molar-refractivity contribution in [3.63, 3.8) is 0 Å². The lowest BCUT2D eigenvalue weighted by atomic mass is 9.86. The van der Waals surface area contributed by atoms with Crippen molar-refractivity contribution in [3.05, 3.63) is 0 Å². The summed E-state index contributed by atoms with van der Waals surface area (Å²) in [5, 5.41) is 13.3. The molecule has 6 heteroatoms. The zero-order valence-electron chi connectivity index (χ0n) is 11.8. The minimum Gasteiger partial charge on any atom is -0.393 e. The van der Waals surface area contributed by atoms with Gasteiger partial charge in [-0.1, -0.05) is 12.8 Å². The fourth-order valence-electron chi connectivity index (χ4n) is 3.29. The molecule has 1 aliphatic heterocycles. The molecule has 0 spiro atoms. The number of hydrogen-bond donors (Lipinski definition) is 2. The summed E-state index contributed by atoms with van der Waals surface area (Å²) in [5.74, 6) is 0.317. The molecule has 1 heterocycles. The first kappa shape index (κ1) is 16.0. The van der Waals surface area contributed by atoms with E-state index in [0.29, 0.717) is 25.0 Å². The molecule has 0 bridgehead atoms. The maximum Gasteiger partial charge on any atom is 0.401 e. The summed E-state index contributed by atoms with van der Waals surface area (Å²) in [7, 11) is 0. The van der Waals surface area contributed by atoms with Crippen molar-refractivity contribution in [3.8, 4) is 0 Å². The minimum atomic E-state index is -4.09. The number of halogens is 3. The van der Waals surface area contributed by atoms with Crippen LogP contribution in [0.1, 0.15) is 38.5 Å². The number of aliphatic hydroxyl groups excluding tert-OH is 1. The minimum absolute atomic E-state index is 0.207. The highest BCUT2D eigenvalue weighted by Gasteiger charge is 2.32. The molecule has 1 saturated carbocycles. The quantitative estimate of drug-likeness (QED) is 0.834. The second-order valence-electron chi connectivity index (χ2n) is 6.19. The Morgan fingerprint density at radius 3 is 2.30 bits per heavy atom. The van der Waals surface area contributed by atoms with Gasteiger partial charge in [0.05, 0.1) is 12.6 Å². The van der Waals surface area contributed by atoms with E-state index in [4.69, 9.17) is 0 Å². The smallest absolute Gasteiger partial charge is 0.393 e. The largest absolute Gasteiger partial charge is 0.401 e. The third-order valence-electron chi connectivity index (χ3n) is 4.53. The van der Waals surface area contributed by atoms with Gasteiger partial charge in [-0.15, -0.1) is 0 Å². The maximum atomic E-state index is 12.3. The second-order valence-corrected chi connectivity index (χ2v) is 6.19. The van der Waals surface area contributed by atoms with Crippen molar-refractivity contribution in [2.75, 3.05) is 26.2 Å². The summed E-state index contributed by atoms with van der Waals surface area (Å²) in [6.07, 6.45) is 1.45. The standard InChI is InChI=1S/C14H25F3N2O/c15-14(16,17)10-19-7-5-12(6-8-19)18-9-11-3-1-2-4-13(11)20/h11-13,18,20H,1-10H2. The first-order valence-electron chi connectivity index (χ1n) is 7.64. The molecule has 2 unspecified atom stereocenters. The zero-order chi connectivity index (χ0) is 14.6. The number of alkyl halides is 3. The van der Waals surface area contributed by atoms with Crippen molar-refractivity contribution in [1.82, 2.24) is 10.2 Å². The molecule has 0 amide bonds. The van der Waals surface area contributed by atoms with Crippen LogP contribution in [0.15, 0.2) is 0 Å². The molecule has 2 atom stereocenters. The highest BCUT2D eigenvalue weighted by atomic mass is 19.4. The first-order chi connectivity index (χ1) is 9.44. The van der Waals surface area contributed by atoms with Crippen molar-refractivity contribution >= 4 is 0 Å². The highest BCUT2D eigenvalue weighted by Crippen LogP contribution is 2.24. The molecule has 20 heavy (non-hydrogen) atoms. The van der Waals surface area contributed by atoms with Gasteiger partial charge in [0.1, 0.15) is 0 Å². The van der Waals surface area contributed by atoms with Crippen molar-refractivity contribution in [2.45, 2.75) is 56.8 Å². The molecule has 2 fully saturated rings. The van der Waals surface area contributed by atoms with E-state index >= 15 is 0 Å². The molecule has 1 aliphatic carbocycles. The molecule has 0 aromatic carbocycles. The Morgan fingerprint density at radius 2 is 1.70 bits per heavy atom. The molecule has 0 aromatic heterocycles. The van der Waals surface area contributed by atoms with Crippen LogP contribution in [0, 0.1) is 5.92 Å². The predicted octanol–water partition coefficient (Wildman–Crippen LogP) is 2.15. The molecule has 2 N–H and O–H groups in total. The summed E-state index contributed by atoms with van der Waals surface area (Å²) >= 11 is 0. The van der Waals surface area contributed by atoms with Gasteiger partial charge in [-0.05, 0) is 44.7 Å².